The summed E-state index contributed by atoms with van der Waals surface area (Å²) >= 11 is 0. The topological polar surface area (TPSA) is 120 Å². The third-order valence-electron chi connectivity index (χ3n) is 7.04. The number of aliphatic hydroxyl groups excluding tert-OH is 1. The van der Waals surface area contributed by atoms with Gasteiger partial charge >= 0.3 is 0 Å². The Bertz CT molecular complexity index is 1400. The Balaban J connectivity index is 1.53. The van der Waals surface area contributed by atoms with Crippen LogP contribution in [0.5, 0.6) is 5.75 Å². The van der Waals surface area contributed by atoms with Gasteiger partial charge in [-0.25, -0.2) is 14.4 Å². The fraction of sp³-hybridized carbons (Fsp3) is 0.500. The highest BCUT2D eigenvalue weighted by Crippen LogP contribution is 2.35. The maximum Gasteiger partial charge on any atom is 0.223 e. The normalized spacial score (nSPS) is 20.5. The van der Waals surface area contributed by atoms with Gasteiger partial charge in [0.2, 0.25) is 5.95 Å². The maximum absolute atomic E-state index is 14.3. The molecule has 11 heteroatoms. The molecule has 0 aliphatic carbocycles. The molecule has 4 aromatic rings. The molecule has 3 aromatic heterocycles. The molecule has 4 atom stereocenters. The average Bonchev–Trinajstić information content (AvgIpc) is 3.43. The van der Waals surface area contributed by atoms with Crippen LogP contribution in [0.15, 0.2) is 18.3 Å². The third-order valence-corrected chi connectivity index (χ3v) is 7.04. The first-order chi connectivity index (χ1) is 16.7. The van der Waals surface area contributed by atoms with Crippen molar-refractivity contribution in [3.63, 3.8) is 0 Å². The van der Waals surface area contributed by atoms with Crippen LogP contribution in [0.25, 0.3) is 16.6 Å². The van der Waals surface area contributed by atoms with E-state index >= 15 is 0 Å². The molecule has 0 saturated carbocycles. The largest absolute Gasteiger partial charge is 0.494 e. The highest BCUT2D eigenvalue weighted by molar-refractivity contribution is 5.95. The molecule has 1 fully saturated rings. The van der Waals surface area contributed by atoms with Gasteiger partial charge in [-0.05, 0) is 39.2 Å². The molecule has 1 aliphatic rings. The third kappa shape index (κ3) is 3.93. The van der Waals surface area contributed by atoms with E-state index in [0.717, 1.165) is 24.3 Å². The number of ether oxygens (including phenoxy) is 1. The summed E-state index contributed by atoms with van der Waals surface area (Å²) in [5.74, 6) is 1.11. The van der Waals surface area contributed by atoms with Crippen molar-refractivity contribution in [3.8, 4) is 5.75 Å². The van der Waals surface area contributed by atoms with Gasteiger partial charge in [-0.1, -0.05) is 6.92 Å². The zero-order chi connectivity index (χ0) is 25.0. The Morgan fingerprint density at radius 3 is 2.71 bits per heavy atom. The van der Waals surface area contributed by atoms with Gasteiger partial charge < -0.3 is 20.5 Å². The van der Waals surface area contributed by atoms with Crippen molar-refractivity contribution in [2.45, 2.75) is 52.2 Å². The van der Waals surface area contributed by atoms with Gasteiger partial charge in [0.25, 0.3) is 0 Å². The smallest absolute Gasteiger partial charge is 0.223 e. The van der Waals surface area contributed by atoms with Crippen LogP contribution in [0.1, 0.15) is 50.7 Å². The maximum atomic E-state index is 14.3. The summed E-state index contributed by atoms with van der Waals surface area (Å²) in [6, 6.07) is 2.54. The molecule has 186 valence electrons. The van der Waals surface area contributed by atoms with Crippen molar-refractivity contribution in [1.82, 2.24) is 29.4 Å². The zero-order valence-corrected chi connectivity index (χ0v) is 20.6. The van der Waals surface area contributed by atoms with E-state index in [1.54, 1.807) is 6.92 Å². The molecule has 1 aromatic carbocycles. The quantitative estimate of drug-likeness (QED) is 0.445. The number of piperidine rings is 1. The Kier molecular flexibility index (Phi) is 5.74. The molecule has 0 radical (unpaired) electrons. The van der Waals surface area contributed by atoms with Crippen molar-refractivity contribution in [3.05, 3.63) is 35.7 Å². The van der Waals surface area contributed by atoms with E-state index in [9.17, 15) is 9.50 Å². The van der Waals surface area contributed by atoms with Crippen LogP contribution in [0.4, 0.5) is 16.0 Å². The van der Waals surface area contributed by atoms with Gasteiger partial charge in [0.15, 0.2) is 11.5 Å². The van der Waals surface area contributed by atoms with E-state index in [2.05, 4.69) is 27.0 Å². The highest BCUT2D eigenvalue weighted by Gasteiger charge is 2.31. The summed E-state index contributed by atoms with van der Waals surface area (Å²) in [6.07, 6.45) is 2.27. The van der Waals surface area contributed by atoms with Crippen LogP contribution >= 0.6 is 0 Å². The number of halogens is 1. The minimum atomic E-state index is -0.506. The monoisotopic (exact) mass is 482 g/mol. The molecule has 1 aliphatic heterocycles. The van der Waals surface area contributed by atoms with Gasteiger partial charge in [0, 0.05) is 25.1 Å². The molecule has 10 nitrogen and oxygen atoms in total. The summed E-state index contributed by atoms with van der Waals surface area (Å²) < 4.78 is 22.9. The number of nitrogen functional groups attached to an aromatic ring is 1. The number of nitrogens with two attached hydrogens (primary N) is 1. The first kappa shape index (κ1) is 23.3. The lowest BCUT2D eigenvalue weighted by molar-refractivity contribution is 0.131. The minimum Gasteiger partial charge on any atom is -0.494 e. The van der Waals surface area contributed by atoms with Crippen molar-refractivity contribution < 1.29 is 14.2 Å². The number of anilines is 2. The highest BCUT2D eigenvalue weighted by atomic mass is 19.1. The molecule has 4 heterocycles. The average molecular weight is 483 g/mol. The fourth-order valence-corrected chi connectivity index (χ4v) is 5.09. The van der Waals surface area contributed by atoms with E-state index in [1.807, 2.05) is 24.7 Å². The van der Waals surface area contributed by atoms with Gasteiger partial charge in [0.05, 0.1) is 42.2 Å². The van der Waals surface area contributed by atoms with E-state index in [0.29, 0.717) is 40.6 Å². The lowest BCUT2D eigenvalue weighted by atomic mass is 9.89. The second-order valence-electron chi connectivity index (χ2n) is 9.66. The number of fused-ring (bicyclic) bond motifs is 3. The predicted molar refractivity (Wildman–Crippen MR) is 131 cm³/mol. The second kappa shape index (κ2) is 8.63. The van der Waals surface area contributed by atoms with Crippen LogP contribution in [0.3, 0.4) is 0 Å². The Labute approximate surface area is 202 Å². The van der Waals surface area contributed by atoms with Gasteiger partial charge in [0.1, 0.15) is 17.1 Å². The lowest BCUT2D eigenvalue weighted by Gasteiger charge is -2.36. The number of hydrogen-bond donors (Lipinski definition) is 2. The van der Waals surface area contributed by atoms with Crippen molar-refractivity contribution in [1.29, 1.82) is 0 Å². The SMILES string of the molecule is COc1cc(F)cc2c1nc(N)n1nc([C@@H]3C[C@H](C)CN(c4cnn([C@@H](C)[C@H](C)O)c4C)C3)nc21. The first-order valence-corrected chi connectivity index (χ1v) is 11.8. The number of methoxy groups -OCH3 is 1. The van der Waals surface area contributed by atoms with Gasteiger partial charge in [-0.15, -0.1) is 5.10 Å². The number of aromatic nitrogens is 6. The summed E-state index contributed by atoms with van der Waals surface area (Å²) in [5, 5.41) is 19.8. The standard InChI is InChI=1S/C24H31FN8O2/c1-12-6-16(11-31(10-12)19-9-27-32(14(19)3)13(2)15(4)34)22-29-23-18-7-17(25)8-20(35-5)21(18)28-24(26)33(23)30-22/h7-9,12-13,15-16,34H,6,10-11H2,1-5H3,(H2,26,28)/t12-,13-,15-,16+/m0/s1. The molecule has 1 saturated heterocycles. The van der Waals surface area contributed by atoms with Gasteiger partial charge in [-0.2, -0.15) is 9.61 Å². The fourth-order valence-electron chi connectivity index (χ4n) is 5.09. The van der Waals surface area contributed by atoms with E-state index < -0.39 is 11.9 Å². The second-order valence-corrected chi connectivity index (χ2v) is 9.66. The van der Waals surface area contributed by atoms with E-state index in [-0.39, 0.29) is 17.9 Å². The molecule has 0 bridgehead atoms. The molecule has 0 amide bonds. The predicted octanol–water partition coefficient (Wildman–Crippen LogP) is 3.08. The Hall–Kier alpha value is -3.47. The van der Waals surface area contributed by atoms with Crippen LogP contribution < -0.4 is 15.4 Å². The molecule has 0 spiro atoms. The number of benzene rings is 1. The van der Waals surface area contributed by atoms with Crippen molar-refractivity contribution in [2.24, 2.45) is 5.92 Å². The number of rotatable bonds is 5. The molecule has 35 heavy (non-hydrogen) atoms. The number of hydrogen-bond acceptors (Lipinski definition) is 8. The lowest BCUT2D eigenvalue weighted by Crippen LogP contribution is -2.39. The van der Waals surface area contributed by atoms with Crippen molar-refractivity contribution in [2.75, 3.05) is 30.8 Å². The summed E-state index contributed by atoms with van der Waals surface area (Å²) in [5.41, 5.74) is 9.16. The van der Waals surface area contributed by atoms with E-state index in [1.165, 1.54) is 23.8 Å². The Morgan fingerprint density at radius 1 is 1.23 bits per heavy atom. The minimum absolute atomic E-state index is 0.0421. The summed E-state index contributed by atoms with van der Waals surface area (Å²) in [6.45, 7) is 9.55. The van der Waals surface area contributed by atoms with E-state index in [4.69, 9.17) is 15.5 Å². The molecular formula is C24H31FN8O2. The van der Waals surface area contributed by atoms with Crippen LogP contribution in [0.2, 0.25) is 0 Å². The number of aliphatic hydroxyl groups is 1. The Morgan fingerprint density at radius 2 is 2.00 bits per heavy atom. The molecular weight excluding hydrogens is 451 g/mol. The first-order valence-electron chi connectivity index (χ1n) is 11.8. The summed E-state index contributed by atoms with van der Waals surface area (Å²) in [4.78, 5) is 11.5. The molecule has 3 N–H and O–H groups in total. The molecule has 5 rings (SSSR count). The molecule has 0 unspecified atom stereocenters. The van der Waals surface area contributed by atoms with Crippen LogP contribution in [0, 0.1) is 18.7 Å². The number of nitrogens with zero attached hydrogens (tertiary/aromatic N) is 7. The zero-order valence-electron chi connectivity index (χ0n) is 20.6. The van der Waals surface area contributed by atoms with Crippen LogP contribution in [-0.2, 0) is 0 Å². The summed E-state index contributed by atoms with van der Waals surface area (Å²) in [7, 11) is 1.47. The van der Waals surface area contributed by atoms with Gasteiger partial charge in [-0.3, -0.25) is 4.68 Å². The van der Waals surface area contributed by atoms with Crippen LogP contribution in [-0.4, -0.2) is 60.8 Å². The van der Waals surface area contributed by atoms with Crippen molar-refractivity contribution >= 4 is 28.2 Å².